The van der Waals surface area contributed by atoms with E-state index in [2.05, 4.69) is 28.2 Å². The lowest BCUT2D eigenvalue weighted by molar-refractivity contribution is -0.115. The van der Waals surface area contributed by atoms with Gasteiger partial charge in [-0.05, 0) is 49.9 Å². The summed E-state index contributed by atoms with van der Waals surface area (Å²) in [5.41, 5.74) is 4.80. The molecule has 1 saturated heterocycles. The largest absolute Gasteiger partial charge is 0.464 e. The summed E-state index contributed by atoms with van der Waals surface area (Å²) in [6.45, 7) is 6.22. The van der Waals surface area contributed by atoms with Gasteiger partial charge in [0.2, 0.25) is 5.91 Å². The van der Waals surface area contributed by atoms with E-state index < -0.39 is 0 Å². The topological polar surface area (TPSA) is 58.4 Å². The SMILES string of the molecule is Cc1ccc2c(CC(=O)Nc3ccc(N4CCCC4)nc3)coc2c1C. The van der Waals surface area contributed by atoms with Gasteiger partial charge >= 0.3 is 0 Å². The summed E-state index contributed by atoms with van der Waals surface area (Å²) < 4.78 is 5.69. The van der Waals surface area contributed by atoms with Crippen LogP contribution in [0.3, 0.4) is 0 Å². The number of amides is 1. The van der Waals surface area contributed by atoms with E-state index in [1.807, 2.05) is 25.1 Å². The van der Waals surface area contributed by atoms with Crippen molar-refractivity contribution in [1.82, 2.24) is 4.98 Å². The fourth-order valence-corrected chi connectivity index (χ4v) is 3.50. The Balaban J connectivity index is 1.45. The molecule has 134 valence electrons. The zero-order valence-electron chi connectivity index (χ0n) is 15.2. The van der Waals surface area contributed by atoms with E-state index in [-0.39, 0.29) is 12.3 Å². The first kappa shape index (κ1) is 16.6. The van der Waals surface area contributed by atoms with Gasteiger partial charge in [-0.2, -0.15) is 0 Å². The highest BCUT2D eigenvalue weighted by atomic mass is 16.3. The third-order valence-corrected chi connectivity index (χ3v) is 5.15. The minimum absolute atomic E-state index is 0.0679. The third-order valence-electron chi connectivity index (χ3n) is 5.15. The van der Waals surface area contributed by atoms with Crippen molar-refractivity contribution in [2.24, 2.45) is 0 Å². The highest BCUT2D eigenvalue weighted by molar-refractivity contribution is 5.95. The molecular weight excluding hydrogens is 326 g/mol. The number of hydrogen-bond donors (Lipinski definition) is 1. The van der Waals surface area contributed by atoms with Crippen molar-refractivity contribution in [3.05, 3.63) is 53.4 Å². The number of aromatic nitrogens is 1. The first-order valence-electron chi connectivity index (χ1n) is 9.09. The van der Waals surface area contributed by atoms with Crippen LogP contribution in [0.4, 0.5) is 11.5 Å². The average Bonchev–Trinajstić information content (AvgIpc) is 3.29. The molecule has 1 amide bonds. The van der Waals surface area contributed by atoms with Crippen LogP contribution >= 0.6 is 0 Å². The molecule has 5 heteroatoms. The fraction of sp³-hybridized carbons (Fsp3) is 0.333. The Morgan fingerprint density at radius 1 is 1.19 bits per heavy atom. The molecule has 5 nitrogen and oxygen atoms in total. The Morgan fingerprint density at radius 2 is 2.00 bits per heavy atom. The van der Waals surface area contributed by atoms with Gasteiger partial charge in [0.15, 0.2) is 0 Å². The van der Waals surface area contributed by atoms with E-state index in [0.29, 0.717) is 0 Å². The second-order valence-corrected chi connectivity index (χ2v) is 6.97. The molecule has 0 unspecified atom stereocenters. The number of nitrogens with zero attached hydrogens (tertiary/aromatic N) is 2. The molecule has 0 saturated carbocycles. The van der Waals surface area contributed by atoms with Crippen molar-refractivity contribution < 1.29 is 9.21 Å². The first-order chi connectivity index (χ1) is 12.6. The molecule has 0 spiro atoms. The maximum Gasteiger partial charge on any atom is 0.228 e. The summed E-state index contributed by atoms with van der Waals surface area (Å²) in [6, 6.07) is 7.98. The van der Waals surface area contributed by atoms with Crippen LogP contribution in [-0.2, 0) is 11.2 Å². The van der Waals surface area contributed by atoms with Crippen molar-refractivity contribution in [3.8, 4) is 0 Å². The van der Waals surface area contributed by atoms with Crippen LogP contribution in [0.25, 0.3) is 11.0 Å². The van der Waals surface area contributed by atoms with Crippen molar-refractivity contribution in [3.63, 3.8) is 0 Å². The van der Waals surface area contributed by atoms with E-state index >= 15 is 0 Å². The Morgan fingerprint density at radius 3 is 2.73 bits per heavy atom. The first-order valence-corrected chi connectivity index (χ1v) is 9.09. The molecular formula is C21H23N3O2. The zero-order chi connectivity index (χ0) is 18.1. The van der Waals surface area contributed by atoms with Gasteiger partial charge < -0.3 is 14.6 Å². The quantitative estimate of drug-likeness (QED) is 0.766. The van der Waals surface area contributed by atoms with E-state index in [0.717, 1.165) is 46.7 Å². The highest BCUT2D eigenvalue weighted by Crippen LogP contribution is 2.27. The molecule has 1 aliphatic heterocycles. The molecule has 1 aromatic carbocycles. The zero-order valence-corrected chi connectivity index (χ0v) is 15.2. The van der Waals surface area contributed by atoms with Crippen molar-refractivity contribution in [1.29, 1.82) is 0 Å². The molecule has 0 aliphatic carbocycles. The fourth-order valence-electron chi connectivity index (χ4n) is 3.50. The molecule has 3 heterocycles. The number of carbonyl (C=O) groups excluding carboxylic acids is 1. The summed E-state index contributed by atoms with van der Waals surface area (Å²) in [5, 5.41) is 3.93. The number of fused-ring (bicyclic) bond motifs is 1. The maximum atomic E-state index is 12.4. The molecule has 0 radical (unpaired) electrons. The standard InChI is InChI=1S/C21H23N3O2/c1-14-5-7-18-16(13-26-21(18)15(14)2)11-20(25)23-17-6-8-19(22-12-17)24-9-3-4-10-24/h5-8,12-13H,3-4,9-11H2,1-2H3,(H,23,25). The number of nitrogens with one attached hydrogen (secondary N) is 1. The second kappa shape index (κ2) is 6.83. The number of rotatable bonds is 4. The number of furan rings is 1. The predicted molar refractivity (Wildman–Crippen MR) is 104 cm³/mol. The molecule has 0 atom stereocenters. The molecule has 1 N–H and O–H groups in total. The van der Waals surface area contributed by atoms with Crippen molar-refractivity contribution in [2.75, 3.05) is 23.3 Å². The van der Waals surface area contributed by atoms with Gasteiger partial charge in [0.05, 0.1) is 24.6 Å². The summed E-state index contributed by atoms with van der Waals surface area (Å²) in [7, 11) is 0. The molecule has 26 heavy (non-hydrogen) atoms. The summed E-state index contributed by atoms with van der Waals surface area (Å²) in [6.07, 6.45) is 6.14. The number of pyridine rings is 1. The number of benzene rings is 1. The lowest BCUT2D eigenvalue weighted by Crippen LogP contribution is -2.19. The summed E-state index contributed by atoms with van der Waals surface area (Å²) in [4.78, 5) is 19.2. The minimum Gasteiger partial charge on any atom is -0.464 e. The number of aryl methyl sites for hydroxylation is 2. The summed E-state index contributed by atoms with van der Waals surface area (Å²) in [5.74, 6) is 0.911. The Bertz CT molecular complexity index is 938. The highest BCUT2D eigenvalue weighted by Gasteiger charge is 2.15. The van der Waals surface area contributed by atoms with E-state index in [9.17, 15) is 4.79 Å². The average molecular weight is 349 g/mol. The monoisotopic (exact) mass is 349 g/mol. The lowest BCUT2D eigenvalue weighted by atomic mass is 10.0. The van der Waals surface area contributed by atoms with Crippen molar-refractivity contribution >= 4 is 28.4 Å². The van der Waals surface area contributed by atoms with E-state index in [4.69, 9.17) is 4.42 Å². The Hall–Kier alpha value is -2.82. The Labute approximate surface area is 153 Å². The van der Waals surface area contributed by atoms with Gasteiger partial charge in [0.1, 0.15) is 11.4 Å². The maximum absolute atomic E-state index is 12.4. The van der Waals surface area contributed by atoms with Crippen LogP contribution in [0.2, 0.25) is 0 Å². The predicted octanol–water partition coefficient (Wildman–Crippen LogP) is 4.23. The van der Waals surface area contributed by atoms with Crippen LogP contribution in [0.5, 0.6) is 0 Å². The number of hydrogen-bond acceptors (Lipinski definition) is 4. The lowest BCUT2D eigenvalue weighted by Gasteiger charge is -2.16. The third kappa shape index (κ3) is 3.17. The molecule has 3 aromatic rings. The molecule has 1 fully saturated rings. The second-order valence-electron chi connectivity index (χ2n) is 6.97. The van der Waals surface area contributed by atoms with Gasteiger partial charge in [-0.15, -0.1) is 0 Å². The van der Waals surface area contributed by atoms with Gasteiger partial charge in [0.25, 0.3) is 0 Å². The van der Waals surface area contributed by atoms with E-state index in [1.54, 1.807) is 12.5 Å². The molecule has 1 aliphatic rings. The Kier molecular flexibility index (Phi) is 4.37. The summed E-state index contributed by atoms with van der Waals surface area (Å²) >= 11 is 0. The van der Waals surface area contributed by atoms with Gasteiger partial charge in [0, 0.05) is 24.0 Å². The molecule has 4 rings (SSSR count). The number of carbonyl (C=O) groups is 1. The van der Waals surface area contributed by atoms with Crippen molar-refractivity contribution in [2.45, 2.75) is 33.1 Å². The molecule has 2 aromatic heterocycles. The van der Waals surface area contributed by atoms with Crippen LogP contribution < -0.4 is 10.2 Å². The normalized spacial score (nSPS) is 14.2. The number of anilines is 2. The van der Waals surface area contributed by atoms with Gasteiger partial charge in [-0.3, -0.25) is 4.79 Å². The van der Waals surface area contributed by atoms with E-state index in [1.165, 1.54) is 18.4 Å². The van der Waals surface area contributed by atoms with Crippen LogP contribution in [0, 0.1) is 13.8 Å². The minimum atomic E-state index is -0.0679. The van der Waals surface area contributed by atoms with Gasteiger partial charge in [-0.25, -0.2) is 4.98 Å². The smallest absolute Gasteiger partial charge is 0.228 e. The van der Waals surface area contributed by atoms with Crippen LogP contribution in [0.1, 0.15) is 29.5 Å². The van der Waals surface area contributed by atoms with Crippen LogP contribution in [-0.4, -0.2) is 24.0 Å². The van der Waals surface area contributed by atoms with Gasteiger partial charge in [-0.1, -0.05) is 12.1 Å². The molecule has 0 bridgehead atoms. The van der Waals surface area contributed by atoms with Crippen LogP contribution in [0.15, 0.2) is 41.1 Å².